The average Bonchev–Trinajstić information content (AvgIpc) is 2.73. The zero-order chi connectivity index (χ0) is 19.5. The summed E-state index contributed by atoms with van der Waals surface area (Å²) in [4.78, 5) is 27.7. The summed E-state index contributed by atoms with van der Waals surface area (Å²) in [7, 11) is 0. The molecule has 1 fully saturated rings. The van der Waals surface area contributed by atoms with Crippen LogP contribution in [-0.4, -0.2) is 18.4 Å². The molecule has 0 unspecified atom stereocenters. The molecule has 5 heteroatoms. The van der Waals surface area contributed by atoms with E-state index in [1.165, 1.54) is 5.56 Å². The highest BCUT2D eigenvalue weighted by Gasteiger charge is 2.33. The first-order valence-corrected chi connectivity index (χ1v) is 10.5. The van der Waals surface area contributed by atoms with Crippen molar-refractivity contribution in [1.82, 2.24) is 0 Å². The van der Waals surface area contributed by atoms with Gasteiger partial charge in [-0.15, -0.1) is 0 Å². The smallest absolute Gasteiger partial charge is 0.230 e. The summed E-state index contributed by atoms with van der Waals surface area (Å²) in [5.41, 5.74) is 3.05. The normalized spacial score (nSPS) is 21.7. The van der Waals surface area contributed by atoms with Crippen LogP contribution < -0.4 is 10.2 Å². The highest BCUT2D eigenvalue weighted by atomic mass is 35.5. The predicted molar refractivity (Wildman–Crippen MR) is 113 cm³/mol. The fourth-order valence-electron chi connectivity index (χ4n) is 4.40. The van der Waals surface area contributed by atoms with E-state index >= 15 is 0 Å². The maximum atomic E-state index is 13.1. The molecule has 2 aliphatic rings. The molecule has 0 aromatic heterocycles. The Morgan fingerprint density at radius 2 is 1.71 bits per heavy atom. The van der Waals surface area contributed by atoms with Gasteiger partial charge in [0.1, 0.15) is 0 Å². The molecule has 0 bridgehead atoms. The molecule has 0 atom stereocenters. The molecule has 0 spiro atoms. The SMILES string of the molecule is O=C(Nc1cccc(Cl)c1)C1CCC(C(=O)N2CCCc3ccccc32)CC1. The fraction of sp³-hybridized carbons (Fsp3) is 0.391. The number of fused-ring (bicyclic) bond motifs is 1. The summed E-state index contributed by atoms with van der Waals surface area (Å²) in [5.74, 6) is 0.218. The average molecular weight is 397 g/mol. The number of aryl methyl sites for hydroxylation is 1. The molecule has 2 aromatic carbocycles. The molecule has 4 nitrogen and oxygen atoms in total. The molecular weight excluding hydrogens is 372 g/mol. The molecule has 0 saturated heterocycles. The molecule has 1 aliphatic heterocycles. The Bertz CT molecular complexity index is 874. The molecule has 28 heavy (non-hydrogen) atoms. The largest absolute Gasteiger partial charge is 0.326 e. The quantitative estimate of drug-likeness (QED) is 0.787. The van der Waals surface area contributed by atoms with Crippen molar-refractivity contribution in [3.63, 3.8) is 0 Å². The fourth-order valence-corrected chi connectivity index (χ4v) is 4.59. The third-order valence-electron chi connectivity index (χ3n) is 5.92. The lowest BCUT2D eigenvalue weighted by Gasteiger charge is -2.34. The van der Waals surface area contributed by atoms with Gasteiger partial charge >= 0.3 is 0 Å². The Kier molecular flexibility index (Phi) is 5.67. The first-order valence-electron chi connectivity index (χ1n) is 10.1. The van der Waals surface area contributed by atoms with Crippen LogP contribution in [0.5, 0.6) is 0 Å². The number of nitrogens with zero attached hydrogens (tertiary/aromatic N) is 1. The number of anilines is 2. The van der Waals surface area contributed by atoms with Gasteiger partial charge in [-0.3, -0.25) is 9.59 Å². The van der Waals surface area contributed by atoms with Crippen LogP contribution in [0.25, 0.3) is 0 Å². The summed E-state index contributed by atoms with van der Waals surface area (Å²) in [6.45, 7) is 0.797. The Balaban J connectivity index is 1.35. The van der Waals surface area contributed by atoms with E-state index in [-0.39, 0.29) is 23.7 Å². The summed E-state index contributed by atoms with van der Waals surface area (Å²) in [6, 6.07) is 15.4. The predicted octanol–water partition coefficient (Wildman–Crippen LogP) is 5.06. The van der Waals surface area contributed by atoms with E-state index in [9.17, 15) is 9.59 Å². The second kappa shape index (κ2) is 8.36. The molecule has 4 rings (SSSR count). The van der Waals surface area contributed by atoms with Gasteiger partial charge in [0.05, 0.1) is 0 Å². The van der Waals surface area contributed by atoms with Crippen LogP contribution in [0.3, 0.4) is 0 Å². The molecule has 2 aromatic rings. The third-order valence-corrected chi connectivity index (χ3v) is 6.15. The van der Waals surface area contributed by atoms with Crippen LogP contribution >= 0.6 is 11.6 Å². The maximum Gasteiger partial charge on any atom is 0.230 e. The van der Waals surface area contributed by atoms with Crippen LogP contribution in [0.15, 0.2) is 48.5 Å². The van der Waals surface area contributed by atoms with Gasteiger partial charge in [-0.05, 0) is 68.4 Å². The first kappa shape index (κ1) is 19.0. The van der Waals surface area contributed by atoms with E-state index in [1.807, 2.05) is 29.2 Å². The molecule has 146 valence electrons. The molecular formula is C23H25ClN2O2. The lowest BCUT2D eigenvalue weighted by atomic mass is 9.80. The van der Waals surface area contributed by atoms with Crippen molar-refractivity contribution in [2.75, 3.05) is 16.8 Å². The number of halogens is 1. The Labute approximate surface area is 170 Å². The van der Waals surface area contributed by atoms with E-state index < -0.39 is 0 Å². The second-order valence-electron chi connectivity index (χ2n) is 7.77. The van der Waals surface area contributed by atoms with Crippen molar-refractivity contribution in [1.29, 1.82) is 0 Å². The van der Waals surface area contributed by atoms with Gasteiger partial charge in [0.15, 0.2) is 0 Å². The third kappa shape index (κ3) is 4.07. The van der Waals surface area contributed by atoms with Gasteiger partial charge in [0, 0.05) is 34.8 Å². The minimum absolute atomic E-state index is 0.0152. The van der Waals surface area contributed by atoms with E-state index in [0.717, 1.165) is 56.4 Å². The van der Waals surface area contributed by atoms with Gasteiger partial charge in [0.25, 0.3) is 0 Å². The van der Waals surface area contributed by atoms with Crippen LogP contribution in [0.1, 0.15) is 37.7 Å². The lowest BCUT2D eigenvalue weighted by Crippen LogP contribution is -2.41. The topological polar surface area (TPSA) is 49.4 Å². The summed E-state index contributed by atoms with van der Waals surface area (Å²) >= 11 is 5.98. The van der Waals surface area contributed by atoms with Crippen molar-refractivity contribution in [2.24, 2.45) is 11.8 Å². The molecule has 1 heterocycles. The number of para-hydroxylation sites is 1. The maximum absolute atomic E-state index is 13.1. The van der Waals surface area contributed by atoms with Crippen LogP contribution in [-0.2, 0) is 16.0 Å². The van der Waals surface area contributed by atoms with E-state index in [2.05, 4.69) is 17.4 Å². The van der Waals surface area contributed by atoms with Crippen LogP contribution in [0.2, 0.25) is 5.02 Å². The monoisotopic (exact) mass is 396 g/mol. The first-order chi connectivity index (χ1) is 13.6. The van der Waals surface area contributed by atoms with Gasteiger partial charge in [-0.1, -0.05) is 35.9 Å². The minimum atomic E-state index is -0.0447. The van der Waals surface area contributed by atoms with Crippen molar-refractivity contribution >= 4 is 34.8 Å². The highest BCUT2D eigenvalue weighted by molar-refractivity contribution is 6.30. The summed E-state index contributed by atoms with van der Waals surface area (Å²) in [6.07, 6.45) is 5.09. The molecule has 1 aliphatic carbocycles. The summed E-state index contributed by atoms with van der Waals surface area (Å²) < 4.78 is 0. The number of hydrogen-bond acceptors (Lipinski definition) is 2. The highest BCUT2D eigenvalue weighted by Crippen LogP contribution is 2.34. The van der Waals surface area contributed by atoms with E-state index in [4.69, 9.17) is 11.6 Å². The zero-order valence-electron chi connectivity index (χ0n) is 15.9. The van der Waals surface area contributed by atoms with Gasteiger partial charge in [0.2, 0.25) is 11.8 Å². The Hall–Kier alpha value is -2.33. The Morgan fingerprint density at radius 1 is 0.964 bits per heavy atom. The van der Waals surface area contributed by atoms with Crippen molar-refractivity contribution in [3.8, 4) is 0 Å². The number of rotatable bonds is 3. The molecule has 0 radical (unpaired) electrons. The number of benzene rings is 2. The number of nitrogens with one attached hydrogen (secondary N) is 1. The minimum Gasteiger partial charge on any atom is -0.326 e. The standard InChI is InChI=1S/C23H25ClN2O2/c24-19-7-3-8-20(15-19)25-22(27)17-10-12-18(13-11-17)23(28)26-14-4-6-16-5-1-2-9-21(16)26/h1-3,5,7-9,15,17-18H,4,6,10-14H2,(H,25,27). The number of carbonyl (C=O) groups is 2. The Morgan fingerprint density at radius 3 is 2.50 bits per heavy atom. The molecule has 2 amide bonds. The van der Waals surface area contributed by atoms with Gasteiger partial charge < -0.3 is 10.2 Å². The molecule has 1 saturated carbocycles. The second-order valence-corrected chi connectivity index (χ2v) is 8.21. The van der Waals surface area contributed by atoms with Crippen molar-refractivity contribution in [2.45, 2.75) is 38.5 Å². The van der Waals surface area contributed by atoms with Crippen LogP contribution in [0, 0.1) is 11.8 Å². The van der Waals surface area contributed by atoms with Gasteiger partial charge in [-0.25, -0.2) is 0 Å². The number of hydrogen-bond donors (Lipinski definition) is 1. The van der Waals surface area contributed by atoms with Crippen LogP contribution in [0.4, 0.5) is 11.4 Å². The van der Waals surface area contributed by atoms with Crippen molar-refractivity contribution < 1.29 is 9.59 Å². The van der Waals surface area contributed by atoms with E-state index in [0.29, 0.717) is 5.02 Å². The number of amides is 2. The van der Waals surface area contributed by atoms with Gasteiger partial charge in [-0.2, -0.15) is 0 Å². The van der Waals surface area contributed by atoms with Crippen molar-refractivity contribution in [3.05, 3.63) is 59.1 Å². The molecule has 1 N–H and O–H groups in total. The summed E-state index contributed by atoms with van der Waals surface area (Å²) in [5, 5.41) is 3.56. The zero-order valence-corrected chi connectivity index (χ0v) is 16.6. The lowest BCUT2D eigenvalue weighted by molar-refractivity contribution is -0.126. The van der Waals surface area contributed by atoms with E-state index in [1.54, 1.807) is 12.1 Å². The number of carbonyl (C=O) groups excluding carboxylic acids is 2.